The first-order valence-corrected chi connectivity index (χ1v) is 20.3. The Kier molecular flexibility index (Phi) is 39.6. The SMILES string of the molecule is CCCCCCCCCCCCCCCCOCC(CCNC(=O)OCCOC)OCCCCCCCCCCCCCCCC. The zero-order valence-electron chi connectivity index (χ0n) is 31.4. The molecule has 0 fully saturated rings. The van der Waals surface area contributed by atoms with Crippen LogP contribution in [-0.4, -0.2) is 58.9 Å². The van der Waals surface area contributed by atoms with Gasteiger partial charge in [-0.1, -0.05) is 181 Å². The van der Waals surface area contributed by atoms with E-state index in [2.05, 4.69) is 19.2 Å². The Morgan fingerprint density at radius 2 is 0.891 bits per heavy atom. The lowest BCUT2D eigenvalue weighted by Crippen LogP contribution is -2.31. The van der Waals surface area contributed by atoms with Gasteiger partial charge in [-0.25, -0.2) is 4.79 Å². The molecule has 0 aromatic carbocycles. The highest BCUT2D eigenvalue weighted by atomic mass is 16.6. The molecule has 0 aliphatic rings. The number of methoxy groups -OCH3 is 1. The van der Waals surface area contributed by atoms with E-state index >= 15 is 0 Å². The summed E-state index contributed by atoms with van der Waals surface area (Å²) in [5, 5.41) is 2.83. The van der Waals surface area contributed by atoms with Gasteiger partial charge in [0.05, 0.1) is 19.3 Å². The van der Waals surface area contributed by atoms with Crippen molar-refractivity contribution in [1.29, 1.82) is 0 Å². The van der Waals surface area contributed by atoms with E-state index in [1.54, 1.807) is 7.11 Å². The molecule has 0 aliphatic carbocycles. The van der Waals surface area contributed by atoms with E-state index in [0.29, 0.717) is 19.8 Å². The summed E-state index contributed by atoms with van der Waals surface area (Å²) < 4.78 is 22.3. The first-order valence-electron chi connectivity index (χ1n) is 20.3. The molecular weight excluding hydrogens is 574 g/mol. The summed E-state index contributed by atoms with van der Waals surface area (Å²) in [5.74, 6) is 0. The number of carbonyl (C=O) groups excluding carboxylic acids is 1. The summed E-state index contributed by atoms with van der Waals surface area (Å²) in [6, 6.07) is 0. The minimum absolute atomic E-state index is 0.00731. The van der Waals surface area contributed by atoms with Gasteiger partial charge in [0.15, 0.2) is 0 Å². The van der Waals surface area contributed by atoms with Crippen molar-refractivity contribution in [3.8, 4) is 0 Å². The number of carbonyl (C=O) groups is 1. The quantitative estimate of drug-likeness (QED) is 0.0668. The molecule has 0 spiro atoms. The first-order chi connectivity index (χ1) is 22.7. The van der Waals surface area contributed by atoms with Gasteiger partial charge in [-0.05, 0) is 19.3 Å². The topological polar surface area (TPSA) is 66.0 Å². The minimum Gasteiger partial charge on any atom is -0.447 e. The highest BCUT2D eigenvalue weighted by Crippen LogP contribution is 2.15. The van der Waals surface area contributed by atoms with E-state index < -0.39 is 6.09 Å². The van der Waals surface area contributed by atoms with Crippen LogP contribution in [0.4, 0.5) is 4.79 Å². The molecule has 0 saturated heterocycles. The van der Waals surface area contributed by atoms with Crippen molar-refractivity contribution in [1.82, 2.24) is 5.32 Å². The van der Waals surface area contributed by atoms with Gasteiger partial charge in [0.1, 0.15) is 6.61 Å². The largest absolute Gasteiger partial charge is 0.447 e. The summed E-state index contributed by atoms with van der Waals surface area (Å²) in [4.78, 5) is 11.9. The average molecular weight is 656 g/mol. The second kappa shape index (κ2) is 40.3. The molecule has 6 heteroatoms. The fourth-order valence-electron chi connectivity index (χ4n) is 5.98. The fourth-order valence-corrected chi connectivity index (χ4v) is 5.98. The lowest BCUT2D eigenvalue weighted by Gasteiger charge is -2.18. The van der Waals surface area contributed by atoms with E-state index in [-0.39, 0.29) is 12.7 Å². The van der Waals surface area contributed by atoms with Crippen LogP contribution in [0.25, 0.3) is 0 Å². The number of alkyl carbamates (subject to hydrolysis) is 1. The lowest BCUT2D eigenvalue weighted by molar-refractivity contribution is -0.0220. The number of rotatable bonds is 39. The van der Waals surface area contributed by atoms with Gasteiger partial charge in [-0.2, -0.15) is 0 Å². The van der Waals surface area contributed by atoms with E-state index in [1.165, 1.54) is 167 Å². The van der Waals surface area contributed by atoms with E-state index in [4.69, 9.17) is 18.9 Å². The standard InChI is InChI=1S/C40H81NO5/c1-4-6-8-10-12-14-16-18-20-22-24-26-28-30-34-44-38-39(32-33-41-40(42)46-37-36-43-3)45-35-31-29-27-25-23-21-19-17-15-13-11-9-7-5-2/h39H,4-38H2,1-3H3,(H,41,42). The predicted octanol–water partition coefficient (Wildman–Crippen LogP) is 12.1. The predicted molar refractivity (Wildman–Crippen MR) is 197 cm³/mol. The Bertz CT molecular complexity index is 576. The van der Waals surface area contributed by atoms with Gasteiger partial charge in [0.25, 0.3) is 0 Å². The molecule has 46 heavy (non-hydrogen) atoms. The van der Waals surface area contributed by atoms with Crippen LogP contribution in [0, 0.1) is 0 Å². The van der Waals surface area contributed by atoms with Crippen molar-refractivity contribution in [3.05, 3.63) is 0 Å². The maximum Gasteiger partial charge on any atom is 0.407 e. The fraction of sp³-hybridized carbons (Fsp3) is 0.975. The van der Waals surface area contributed by atoms with Gasteiger partial charge >= 0.3 is 6.09 Å². The van der Waals surface area contributed by atoms with Crippen LogP contribution in [0.1, 0.15) is 200 Å². The van der Waals surface area contributed by atoms with E-state index in [1.807, 2.05) is 0 Å². The van der Waals surface area contributed by atoms with Crippen molar-refractivity contribution in [3.63, 3.8) is 0 Å². The summed E-state index contributed by atoms with van der Waals surface area (Å²) >= 11 is 0. The Hall–Kier alpha value is -0.850. The van der Waals surface area contributed by atoms with Gasteiger partial charge < -0.3 is 24.3 Å². The molecule has 0 aromatic heterocycles. The number of hydrogen-bond acceptors (Lipinski definition) is 5. The smallest absolute Gasteiger partial charge is 0.407 e. The Morgan fingerprint density at radius 1 is 0.500 bits per heavy atom. The van der Waals surface area contributed by atoms with Gasteiger partial charge in [0, 0.05) is 26.9 Å². The van der Waals surface area contributed by atoms with Crippen LogP contribution in [0.15, 0.2) is 0 Å². The molecule has 1 N–H and O–H groups in total. The van der Waals surface area contributed by atoms with Crippen LogP contribution in [0.2, 0.25) is 0 Å². The molecule has 0 radical (unpaired) electrons. The van der Waals surface area contributed by atoms with Crippen LogP contribution in [-0.2, 0) is 18.9 Å². The van der Waals surface area contributed by atoms with Crippen LogP contribution in [0.3, 0.4) is 0 Å². The number of hydrogen-bond donors (Lipinski definition) is 1. The Balaban J connectivity index is 3.87. The summed E-state index contributed by atoms with van der Waals surface area (Å²) in [6.45, 7) is 7.93. The van der Waals surface area contributed by atoms with Crippen molar-refractivity contribution in [2.24, 2.45) is 0 Å². The molecule has 0 heterocycles. The van der Waals surface area contributed by atoms with Gasteiger partial charge in [-0.3, -0.25) is 0 Å². The molecule has 0 aromatic rings. The highest BCUT2D eigenvalue weighted by Gasteiger charge is 2.11. The number of unbranched alkanes of at least 4 members (excludes halogenated alkanes) is 26. The van der Waals surface area contributed by atoms with Crippen molar-refractivity contribution in [2.75, 3.05) is 46.7 Å². The third-order valence-electron chi connectivity index (χ3n) is 9.05. The van der Waals surface area contributed by atoms with Crippen molar-refractivity contribution >= 4 is 6.09 Å². The van der Waals surface area contributed by atoms with Crippen LogP contribution in [0.5, 0.6) is 0 Å². The van der Waals surface area contributed by atoms with Crippen molar-refractivity contribution in [2.45, 2.75) is 206 Å². The Labute approximate surface area is 287 Å². The molecule has 0 rings (SSSR count). The third-order valence-corrected chi connectivity index (χ3v) is 9.05. The van der Waals surface area contributed by atoms with E-state index in [9.17, 15) is 4.79 Å². The van der Waals surface area contributed by atoms with Crippen LogP contribution >= 0.6 is 0 Å². The molecule has 0 saturated carbocycles. The third kappa shape index (κ3) is 37.6. The van der Waals surface area contributed by atoms with Crippen LogP contribution < -0.4 is 5.32 Å². The van der Waals surface area contributed by atoms with Gasteiger partial charge in [0.2, 0.25) is 0 Å². The van der Waals surface area contributed by atoms with Crippen molar-refractivity contribution < 1.29 is 23.7 Å². The normalized spacial score (nSPS) is 12.1. The average Bonchev–Trinajstić information content (AvgIpc) is 3.06. The molecule has 1 amide bonds. The molecular formula is C40H81NO5. The lowest BCUT2D eigenvalue weighted by atomic mass is 10.0. The molecule has 276 valence electrons. The molecule has 1 atom stereocenters. The van der Waals surface area contributed by atoms with E-state index in [0.717, 1.165) is 32.5 Å². The maximum atomic E-state index is 11.9. The first kappa shape index (κ1) is 45.2. The summed E-state index contributed by atoms with van der Waals surface area (Å²) in [5.41, 5.74) is 0. The minimum atomic E-state index is -0.397. The Morgan fingerprint density at radius 3 is 1.30 bits per heavy atom. The number of amides is 1. The number of nitrogens with one attached hydrogen (secondary N) is 1. The zero-order chi connectivity index (χ0) is 33.4. The molecule has 0 bridgehead atoms. The number of ether oxygens (including phenoxy) is 4. The zero-order valence-corrected chi connectivity index (χ0v) is 31.4. The summed E-state index contributed by atoms with van der Waals surface area (Å²) in [7, 11) is 1.60. The maximum absolute atomic E-state index is 11.9. The summed E-state index contributed by atoms with van der Waals surface area (Å²) in [6.07, 6.45) is 38.5. The van der Waals surface area contributed by atoms with Gasteiger partial charge in [-0.15, -0.1) is 0 Å². The second-order valence-electron chi connectivity index (χ2n) is 13.6. The highest BCUT2D eigenvalue weighted by molar-refractivity contribution is 5.66. The molecule has 6 nitrogen and oxygen atoms in total. The second-order valence-corrected chi connectivity index (χ2v) is 13.6. The molecule has 0 aliphatic heterocycles. The molecule has 1 unspecified atom stereocenters. The monoisotopic (exact) mass is 656 g/mol.